The molecule has 1 amide bonds. The zero-order valence-corrected chi connectivity index (χ0v) is 11.2. The monoisotopic (exact) mass is 247 g/mol. The molecule has 1 rings (SSSR count). The first-order chi connectivity index (χ1) is 8.29. The van der Waals surface area contributed by atoms with Gasteiger partial charge in [-0.05, 0) is 26.3 Å². The average molecular weight is 247 g/mol. The van der Waals surface area contributed by atoms with Gasteiger partial charge in [0.2, 0.25) is 5.91 Å². The molecule has 3 nitrogen and oxygen atoms in total. The number of rotatable bonds is 4. The van der Waals surface area contributed by atoms with Crippen LogP contribution in [-0.4, -0.2) is 16.6 Å². The maximum Gasteiger partial charge on any atom is 0.247 e. The SMILES string of the molecule is C=C(C[C@H](O)c1ccccc1)C(=O)NC(C)(C)C. The van der Waals surface area contributed by atoms with Crippen molar-refractivity contribution in [1.29, 1.82) is 0 Å². The van der Waals surface area contributed by atoms with E-state index in [0.29, 0.717) is 5.57 Å². The van der Waals surface area contributed by atoms with Gasteiger partial charge in [-0.2, -0.15) is 0 Å². The van der Waals surface area contributed by atoms with Crippen molar-refractivity contribution in [2.45, 2.75) is 38.8 Å². The molecule has 0 fully saturated rings. The van der Waals surface area contributed by atoms with E-state index in [9.17, 15) is 9.90 Å². The minimum atomic E-state index is -0.690. The Bertz CT molecular complexity index is 418. The third-order valence-electron chi connectivity index (χ3n) is 2.43. The highest BCUT2D eigenvalue weighted by Crippen LogP contribution is 2.20. The molecule has 3 heteroatoms. The number of benzene rings is 1. The Hall–Kier alpha value is -1.61. The average Bonchev–Trinajstić information content (AvgIpc) is 2.27. The van der Waals surface area contributed by atoms with Gasteiger partial charge < -0.3 is 10.4 Å². The van der Waals surface area contributed by atoms with E-state index in [2.05, 4.69) is 11.9 Å². The zero-order valence-electron chi connectivity index (χ0n) is 11.2. The van der Waals surface area contributed by atoms with Crippen molar-refractivity contribution in [3.63, 3.8) is 0 Å². The molecule has 1 atom stereocenters. The fourth-order valence-corrected chi connectivity index (χ4v) is 1.55. The highest BCUT2D eigenvalue weighted by molar-refractivity contribution is 5.93. The lowest BCUT2D eigenvalue weighted by atomic mass is 10.0. The van der Waals surface area contributed by atoms with Crippen LogP contribution in [0.3, 0.4) is 0 Å². The molecule has 0 heterocycles. The molecular weight excluding hydrogens is 226 g/mol. The summed E-state index contributed by atoms with van der Waals surface area (Å²) in [5.41, 5.74) is 0.890. The van der Waals surface area contributed by atoms with E-state index in [1.165, 1.54) is 0 Å². The highest BCUT2D eigenvalue weighted by Gasteiger charge is 2.18. The van der Waals surface area contributed by atoms with Gasteiger partial charge in [-0.15, -0.1) is 0 Å². The molecule has 98 valence electrons. The Kier molecular flexibility index (Phi) is 4.68. The fourth-order valence-electron chi connectivity index (χ4n) is 1.55. The summed E-state index contributed by atoms with van der Waals surface area (Å²) in [6.07, 6.45) is -0.448. The predicted molar refractivity (Wildman–Crippen MR) is 73.1 cm³/mol. The Morgan fingerprint density at radius 3 is 2.39 bits per heavy atom. The molecule has 0 saturated heterocycles. The highest BCUT2D eigenvalue weighted by atomic mass is 16.3. The second kappa shape index (κ2) is 5.83. The number of carbonyl (C=O) groups is 1. The van der Waals surface area contributed by atoms with E-state index < -0.39 is 6.10 Å². The van der Waals surface area contributed by atoms with E-state index in [1.807, 2.05) is 51.1 Å². The van der Waals surface area contributed by atoms with Crippen molar-refractivity contribution >= 4 is 5.91 Å². The summed E-state index contributed by atoms with van der Waals surface area (Å²) in [5, 5.41) is 12.8. The summed E-state index contributed by atoms with van der Waals surface area (Å²) >= 11 is 0. The van der Waals surface area contributed by atoms with Crippen molar-refractivity contribution in [1.82, 2.24) is 5.32 Å². The third-order valence-corrected chi connectivity index (χ3v) is 2.43. The molecule has 1 aromatic rings. The van der Waals surface area contributed by atoms with Crippen molar-refractivity contribution in [2.75, 3.05) is 0 Å². The second-order valence-corrected chi connectivity index (χ2v) is 5.44. The van der Waals surface area contributed by atoms with Crippen molar-refractivity contribution < 1.29 is 9.90 Å². The molecule has 1 aromatic carbocycles. The fraction of sp³-hybridized carbons (Fsp3) is 0.400. The van der Waals surface area contributed by atoms with Crippen molar-refractivity contribution in [3.05, 3.63) is 48.0 Å². The van der Waals surface area contributed by atoms with Gasteiger partial charge in [0.05, 0.1) is 6.10 Å². The van der Waals surface area contributed by atoms with Crippen LogP contribution in [0.5, 0.6) is 0 Å². The third kappa shape index (κ3) is 4.72. The molecule has 0 radical (unpaired) electrons. The van der Waals surface area contributed by atoms with Gasteiger partial charge in [-0.25, -0.2) is 0 Å². The van der Waals surface area contributed by atoms with Crippen LogP contribution >= 0.6 is 0 Å². The molecule has 18 heavy (non-hydrogen) atoms. The number of aliphatic hydroxyl groups excluding tert-OH is 1. The largest absolute Gasteiger partial charge is 0.388 e. The predicted octanol–water partition coefficient (Wildman–Crippen LogP) is 2.58. The van der Waals surface area contributed by atoms with E-state index in [-0.39, 0.29) is 17.9 Å². The number of nitrogens with one attached hydrogen (secondary N) is 1. The lowest BCUT2D eigenvalue weighted by Crippen LogP contribution is -2.41. The molecule has 0 spiro atoms. The molecule has 0 aliphatic rings. The molecular formula is C15H21NO2. The minimum Gasteiger partial charge on any atom is -0.388 e. The molecule has 0 saturated carbocycles. The quantitative estimate of drug-likeness (QED) is 0.803. The molecule has 0 bridgehead atoms. The summed E-state index contributed by atoms with van der Waals surface area (Å²) in [7, 11) is 0. The second-order valence-electron chi connectivity index (χ2n) is 5.44. The van der Waals surface area contributed by atoms with Crippen LogP contribution in [0.2, 0.25) is 0 Å². The molecule has 0 aliphatic heterocycles. The number of carbonyl (C=O) groups excluding carboxylic acids is 1. The summed E-state index contributed by atoms with van der Waals surface area (Å²) < 4.78 is 0. The first-order valence-corrected chi connectivity index (χ1v) is 6.03. The van der Waals surface area contributed by atoms with Crippen LogP contribution in [0.4, 0.5) is 0 Å². The van der Waals surface area contributed by atoms with E-state index in [4.69, 9.17) is 0 Å². The molecule has 0 aromatic heterocycles. The van der Waals surface area contributed by atoms with Crippen LogP contribution in [0, 0.1) is 0 Å². The van der Waals surface area contributed by atoms with Crippen molar-refractivity contribution in [2.24, 2.45) is 0 Å². The van der Waals surface area contributed by atoms with Gasteiger partial charge in [-0.3, -0.25) is 4.79 Å². The number of hydrogen-bond acceptors (Lipinski definition) is 2. The Labute approximate surface area is 109 Å². The van der Waals surface area contributed by atoms with Gasteiger partial charge in [0.25, 0.3) is 0 Å². The van der Waals surface area contributed by atoms with E-state index >= 15 is 0 Å². The van der Waals surface area contributed by atoms with Crippen LogP contribution in [-0.2, 0) is 4.79 Å². The summed E-state index contributed by atoms with van der Waals surface area (Å²) in [4.78, 5) is 11.8. The summed E-state index contributed by atoms with van der Waals surface area (Å²) in [6.45, 7) is 9.46. The minimum absolute atomic E-state index is 0.211. The van der Waals surface area contributed by atoms with Gasteiger partial charge >= 0.3 is 0 Å². The molecule has 0 aliphatic carbocycles. The lowest BCUT2D eigenvalue weighted by molar-refractivity contribution is -0.119. The van der Waals surface area contributed by atoms with Crippen LogP contribution in [0.15, 0.2) is 42.5 Å². The lowest BCUT2D eigenvalue weighted by Gasteiger charge is -2.22. The normalized spacial score (nSPS) is 12.9. The Balaban J connectivity index is 2.58. The number of amides is 1. The summed E-state index contributed by atoms with van der Waals surface area (Å²) in [5.74, 6) is -0.211. The van der Waals surface area contributed by atoms with Gasteiger partial charge in [0.1, 0.15) is 0 Å². The molecule has 0 unspecified atom stereocenters. The van der Waals surface area contributed by atoms with E-state index in [1.54, 1.807) is 0 Å². The zero-order chi connectivity index (χ0) is 13.8. The number of aliphatic hydroxyl groups is 1. The van der Waals surface area contributed by atoms with Crippen LogP contribution < -0.4 is 5.32 Å². The first kappa shape index (κ1) is 14.5. The van der Waals surface area contributed by atoms with Gasteiger partial charge in [-0.1, -0.05) is 36.9 Å². The first-order valence-electron chi connectivity index (χ1n) is 6.03. The van der Waals surface area contributed by atoms with Crippen LogP contribution in [0.25, 0.3) is 0 Å². The summed E-state index contributed by atoms with van der Waals surface area (Å²) in [6, 6.07) is 9.27. The Morgan fingerprint density at radius 1 is 1.33 bits per heavy atom. The van der Waals surface area contributed by atoms with Gasteiger partial charge in [0.15, 0.2) is 0 Å². The number of hydrogen-bond donors (Lipinski definition) is 2. The maximum absolute atomic E-state index is 11.8. The van der Waals surface area contributed by atoms with Crippen molar-refractivity contribution in [3.8, 4) is 0 Å². The topological polar surface area (TPSA) is 49.3 Å². The molecule has 2 N–H and O–H groups in total. The smallest absolute Gasteiger partial charge is 0.247 e. The standard InChI is InChI=1S/C15H21NO2/c1-11(14(18)16-15(2,3)4)10-13(17)12-8-6-5-7-9-12/h5-9,13,17H,1,10H2,2-4H3,(H,16,18)/t13-/m0/s1. The van der Waals surface area contributed by atoms with Gasteiger partial charge in [0, 0.05) is 17.5 Å². The maximum atomic E-state index is 11.8. The van der Waals surface area contributed by atoms with Crippen LogP contribution in [0.1, 0.15) is 38.9 Å². The Morgan fingerprint density at radius 2 is 1.89 bits per heavy atom. The van der Waals surface area contributed by atoms with E-state index in [0.717, 1.165) is 5.56 Å².